The van der Waals surface area contributed by atoms with Gasteiger partial charge < -0.3 is 10.4 Å². The molecule has 0 fully saturated rings. The minimum atomic E-state index is -5.24. The Morgan fingerprint density at radius 3 is 1.95 bits per heavy atom. The summed E-state index contributed by atoms with van der Waals surface area (Å²) in [7, 11) is 0. The highest BCUT2D eigenvalue weighted by atomic mass is 19.4. The van der Waals surface area contributed by atoms with E-state index in [1.54, 1.807) is 0 Å². The lowest BCUT2D eigenvalue weighted by Gasteiger charge is -2.12. The molecule has 2 N–H and O–H groups in total. The molecule has 3 aromatic carbocycles. The van der Waals surface area contributed by atoms with Crippen LogP contribution in [0, 0.1) is 11.6 Å². The third kappa shape index (κ3) is 5.61. The van der Waals surface area contributed by atoms with E-state index in [2.05, 4.69) is 10.4 Å². The lowest BCUT2D eigenvalue weighted by Crippen LogP contribution is -2.12. The van der Waals surface area contributed by atoms with Crippen molar-refractivity contribution in [3.05, 3.63) is 101 Å². The fourth-order valence-corrected chi connectivity index (χ4v) is 3.63. The van der Waals surface area contributed by atoms with Crippen molar-refractivity contribution in [2.45, 2.75) is 18.9 Å². The first-order chi connectivity index (χ1) is 17.7. The summed E-state index contributed by atoms with van der Waals surface area (Å²) in [6.45, 7) is -0.228. The van der Waals surface area contributed by atoms with Gasteiger partial charge in [-0.05, 0) is 48.5 Å². The van der Waals surface area contributed by atoms with Crippen molar-refractivity contribution in [1.82, 2.24) is 9.78 Å². The van der Waals surface area contributed by atoms with Gasteiger partial charge in [0, 0.05) is 29.6 Å². The molecular formula is C25H15F8N3O2. The van der Waals surface area contributed by atoms with Crippen molar-refractivity contribution in [2.24, 2.45) is 0 Å². The first-order valence-electron chi connectivity index (χ1n) is 10.6. The van der Waals surface area contributed by atoms with E-state index in [9.17, 15) is 39.9 Å². The maximum Gasteiger partial charge on any atom is 0.422 e. The average Bonchev–Trinajstić information content (AvgIpc) is 3.25. The van der Waals surface area contributed by atoms with Crippen LogP contribution >= 0.6 is 0 Å². The Morgan fingerprint density at radius 1 is 0.868 bits per heavy atom. The predicted molar refractivity (Wildman–Crippen MR) is 120 cm³/mol. The fraction of sp³-hybridized carbons (Fsp3) is 0.120. The minimum Gasteiger partial charge on any atom is -0.478 e. The van der Waals surface area contributed by atoms with E-state index in [1.807, 2.05) is 0 Å². The zero-order valence-corrected chi connectivity index (χ0v) is 18.8. The molecule has 1 aromatic heterocycles. The maximum absolute atomic E-state index is 14.0. The standard InChI is InChI=1S/C25H15F8N3O2/c26-19-9-17(10-20(27)21(19)25(31,32)33)34-11-15-12-36(18-7-3-14(4-8-18)23(37)38)35-22(15)13-1-5-16(6-2-13)24(28,29)30/h1-10,12,34H,11H2,(H,37,38). The molecule has 0 aliphatic heterocycles. The number of carboxylic acid groups (broad SMARTS) is 1. The molecule has 0 atom stereocenters. The topological polar surface area (TPSA) is 67.2 Å². The first-order valence-corrected chi connectivity index (χ1v) is 10.6. The summed E-state index contributed by atoms with van der Waals surface area (Å²) in [6.07, 6.45) is -8.38. The second-order valence-electron chi connectivity index (χ2n) is 8.04. The highest BCUT2D eigenvalue weighted by Gasteiger charge is 2.38. The number of nitrogens with zero attached hydrogens (tertiary/aromatic N) is 2. The molecule has 4 aromatic rings. The van der Waals surface area contributed by atoms with Crippen LogP contribution in [0.25, 0.3) is 16.9 Å². The van der Waals surface area contributed by atoms with Crippen LogP contribution in [0.2, 0.25) is 0 Å². The highest BCUT2D eigenvalue weighted by Crippen LogP contribution is 2.35. The number of carboxylic acids is 1. The largest absolute Gasteiger partial charge is 0.478 e. The molecule has 38 heavy (non-hydrogen) atoms. The molecule has 13 heteroatoms. The monoisotopic (exact) mass is 541 g/mol. The molecular weight excluding hydrogens is 526 g/mol. The zero-order valence-electron chi connectivity index (χ0n) is 18.8. The maximum atomic E-state index is 14.0. The fourth-order valence-electron chi connectivity index (χ4n) is 3.63. The van der Waals surface area contributed by atoms with E-state index in [0.29, 0.717) is 23.4 Å². The molecule has 0 radical (unpaired) electrons. The number of nitrogens with one attached hydrogen (secondary N) is 1. The van der Waals surface area contributed by atoms with Crippen LogP contribution in [-0.4, -0.2) is 20.9 Å². The van der Waals surface area contributed by atoms with Crippen molar-refractivity contribution >= 4 is 11.7 Å². The number of aromatic carboxylic acids is 1. The number of benzene rings is 3. The molecule has 198 valence electrons. The summed E-state index contributed by atoms with van der Waals surface area (Å²) in [5.41, 5.74) is -2.14. The Morgan fingerprint density at radius 2 is 1.45 bits per heavy atom. The summed E-state index contributed by atoms with van der Waals surface area (Å²) in [4.78, 5) is 11.1. The van der Waals surface area contributed by atoms with Crippen LogP contribution in [-0.2, 0) is 18.9 Å². The van der Waals surface area contributed by atoms with Gasteiger partial charge in [0.2, 0.25) is 0 Å². The summed E-state index contributed by atoms with van der Waals surface area (Å²) >= 11 is 0. The predicted octanol–water partition coefficient (Wildman–Crippen LogP) is 7.17. The quantitative estimate of drug-likeness (QED) is 0.254. The third-order valence-corrected chi connectivity index (χ3v) is 5.46. The summed E-state index contributed by atoms with van der Waals surface area (Å²) in [5, 5.41) is 16.0. The molecule has 1 heterocycles. The Balaban J connectivity index is 1.70. The van der Waals surface area contributed by atoms with Crippen molar-refractivity contribution in [3.63, 3.8) is 0 Å². The molecule has 4 rings (SSSR count). The Bertz CT molecular complexity index is 1450. The van der Waals surface area contributed by atoms with Crippen LogP contribution in [0.1, 0.15) is 27.0 Å². The van der Waals surface area contributed by atoms with Gasteiger partial charge in [-0.2, -0.15) is 31.4 Å². The van der Waals surface area contributed by atoms with Crippen LogP contribution in [0.3, 0.4) is 0 Å². The van der Waals surface area contributed by atoms with Gasteiger partial charge in [-0.1, -0.05) is 12.1 Å². The zero-order chi connectivity index (χ0) is 27.8. The summed E-state index contributed by atoms with van der Waals surface area (Å²) in [5.74, 6) is -4.81. The van der Waals surface area contributed by atoms with Crippen LogP contribution in [0.4, 0.5) is 40.8 Å². The van der Waals surface area contributed by atoms with E-state index in [1.165, 1.54) is 47.3 Å². The lowest BCUT2D eigenvalue weighted by molar-refractivity contribution is -0.142. The number of rotatable bonds is 6. The Labute approximate surface area is 208 Å². The number of halogens is 8. The van der Waals surface area contributed by atoms with Gasteiger partial charge in [0.1, 0.15) is 17.2 Å². The number of hydrogen-bond acceptors (Lipinski definition) is 3. The Kier molecular flexibility index (Phi) is 6.87. The number of anilines is 1. The highest BCUT2D eigenvalue weighted by molar-refractivity contribution is 5.87. The van der Waals surface area contributed by atoms with Gasteiger partial charge in [-0.25, -0.2) is 18.3 Å². The third-order valence-electron chi connectivity index (χ3n) is 5.46. The molecule has 5 nitrogen and oxygen atoms in total. The second-order valence-corrected chi connectivity index (χ2v) is 8.04. The molecule has 0 spiro atoms. The van der Waals surface area contributed by atoms with E-state index in [4.69, 9.17) is 5.11 Å². The molecule has 0 bridgehead atoms. The van der Waals surface area contributed by atoms with E-state index in [0.717, 1.165) is 12.1 Å². The number of hydrogen-bond donors (Lipinski definition) is 2. The van der Waals surface area contributed by atoms with Crippen molar-refractivity contribution in [2.75, 3.05) is 5.32 Å². The van der Waals surface area contributed by atoms with Crippen LogP contribution < -0.4 is 5.32 Å². The van der Waals surface area contributed by atoms with Crippen LogP contribution in [0.15, 0.2) is 66.9 Å². The number of alkyl halides is 6. The lowest BCUT2D eigenvalue weighted by atomic mass is 10.1. The van der Waals surface area contributed by atoms with E-state index < -0.39 is 41.1 Å². The van der Waals surface area contributed by atoms with Crippen molar-refractivity contribution < 1.29 is 45.0 Å². The van der Waals surface area contributed by atoms with Crippen LogP contribution in [0.5, 0.6) is 0 Å². The van der Waals surface area contributed by atoms with Gasteiger partial charge in [-0.3, -0.25) is 0 Å². The van der Waals surface area contributed by atoms with Gasteiger partial charge in [-0.15, -0.1) is 0 Å². The van der Waals surface area contributed by atoms with Gasteiger partial charge in [0.05, 0.1) is 22.5 Å². The Hall–Kier alpha value is -4.42. The molecule has 0 aliphatic carbocycles. The molecule has 0 saturated heterocycles. The molecule has 0 unspecified atom stereocenters. The molecule has 0 aliphatic rings. The average molecular weight is 541 g/mol. The summed E-state index contributed by atoms with van der Waals surface area (Å²) in [6, 6.07) is 10.5. The number of carbonyl (C=O) groups is 1. The van der Waals surface area contributed by atoms with E-state index in [-0.39, 0.29) is 29.1 Å². The number of aromatic nitrogens is 2. The minimum absolute atomic E-state index is 0.00267. The van der Waals surface area contributed by atoms with Crippen molar-refractivity contribution in [3.8, 4) is 16.9 Å². The molecule has 0 amide bonds. The molecule has 0 saturated carbocycles. The van der Waals surface area contributed by atoms with Crippen molar-refractivity contribution in [1.29, 1.82) is 0 Å². The van der Waals surface area contributed by atoms with E-state index >= 15 is 0 Å². The SMILES string of the molecule is O=C(O)c1ccc(-n2cc(CNc3cc(F)c(C(F)(F)F)c(F)c3)c(-c3ccc(C(F)(F)F)cc3)n2)cc1. The summed E-state index contributed by atoms with van der Waals surface area (Å²) < 4.78 is 107. The second kappa shape index (κ2) is 9.80. The normalized spacial score (nSPS) is 12.0. The van der Waals surface area contributed by atoms with Gasteiger partial charge >= 0.3 is 18.3 Å². The van der Waals surface area contributed by atoms with Gasteiger partial charge in [0.15, 0.2) is 0 Å². The van der Waals surface area contributed by atoms with Gasteiger partial charge in [0.25, 0.3) is 0 Å². The first kappa shape index (κ1) is 26.6. The smallest absolute Gasteiger partial charge is 0.422 e.